The Labute approximate surface area is 188 Å². The fourth-order valence-electron chi connectivity index (χ4n) is 2.64. The quantitative estimate of drug-likeness (QED) is 0.380. The summed E-state index contributed by atoms with van der Waals surface area (Å²) in [6.07, 6.45) is 1.02. The van der Waals surface area contributed by atoms with Crippen LogP contribution in [0.2, 0.25) is 0 Å². The third kappa shape index (κ3) is 6.25. The number of carbonyl (C=O) groups is 1. The van der Waals surface area contributed by atoms with Gasteiger partial charge in [0.05, 0.1) is 18.5 Å². The Morgan fingerprint density at radius 1 is 1.16 bits per heavy atom. The molecule has 0 radical (unpaired) electrons. The molecule has 1 N–H and O–H groups in total. The molecule has 0 atom stereocenters. The summed E-state index contributed by atoms with van der Waals surface area (Å²) in [5.74, 6) is -0.978. The molecular formula is C20H21FN4O3S3. The smallest absolute Gasteiger partial charge is 0.257 e. The third-order valence-electron chi connectivity index (χ3n) is 4.03. The average Bonchev–Trinajstić information content (AvgIpc) is 3.12. The van der Waals surface area contributed by atoms with Gasteiger partial charge in [-0.3, -0.25) is 14.4 Å². The number of carbonyl (C=O) groups excluding carboxylic acids is 1. The standard InChI is InChI=1S/C20H21FN4O3S3/c1-13(2)29-20-24-23-19(30-20)22-18(26)15-10-8-14(9-11-15)12-25(31(3,27)28)17-7-5-4-6-16(17)21/h4-11,13H,12H2,1-3H3,(H,22,23,26). The number of thioether (sulfide) groups is 1. The van der Waals surface area contributed by atoms with Crippen molar-refractivity contribution in [1.29, 1.82) is 0 Å². The van der Waals surface area contributed by atoms with Gasteiger partial charge >= 0.3 is 0 Å². The molecule has 3 aromatic rings. The molecule has 2 aromatic carbocycles. The SMILES string of the molecule is CC(C)Sc1nnc(NC(=O)c2ccc(CN(c3ccccc3F)S(C)(=O)=O)cc2)s1. The van der Waals surface area contributed by atoms with E-state index in [1.807, 2.05) is 13.8 Å². The molecule has 31 heavy (non-hydrogen) atoms. The predicted molar refractivity (Wildman–Crippen MR) is 123 cm³/mol. The van der Waals surface area contributed by atoms with Gasteiger partial charge in [0.2, 0.25) is 15.2 Å². The normalized spacial score (nSPS) is 11.5. The number of benzene rings is 2. The van der Waals surface area contributed by atoms with Gasteiger partial charge in [-0.1, -0.05) is 61.2 Å². The molecular weight excluding hydrogens is 459 g/mol. The molecule has 0 unspecified atom stereocenters. The second-order valence-electron chi connectivity index (χ2n) is 6.91. The minimum Gasteiger partial charge on any atom is -0.296 e. The Hall–Kier alpha value is -2.50. The van der Waals surface area contributed by atoms with Crippen molar-refractivity contribution in [3.8, 4) is 0 Å². The van der Waals surface area contributed by atoms with E-state index in [2.05, 4.69) is 15.5 Å². The van der Waals surface area contributed by atoms with E-state index in [-0.39, 0.29) is 18.1 Å². The van der Waals surface area contributed by atoms with Gasteiger partial charge in [-0.2, -0.15) is 0 Å². The highest BCUT2D eigenvalue weighted by molar-refractivity contribution is 8.01. The molecule has 164 valence electrons. The molecule has 0 spiro atoms. The monoisotopic (exact) mass is 480 g/mol. The van der Waals surface area contributed by atoms with E-state index in [4.69, 9.17) is 0 Å². The Kier molecular flexibility index (Phi) is 7.29. The minimum absolute atomic E-state index is 0.0295. The number of rotatable bonds is 8. The second kappa shape index (κ2) is 9.75. The number of nitrogens with zero attached hydrogens (tertiary/aromatic N) is 3. The summed E-state index contributed by atoms with van der Waals surface area (Å²) < 4.78 is 40.4. The molecule has 0 saturated heterocycles. The maximum atomic E-state index is 14.2. The molecule has 11 heteroatoms. The van der Waals surface area contributed by atoms with Crippen molar-refractivity contribution in [3.63, 3.8) is 0 Å². The number of sulfonamides is 1. The largest absolute Gasteiger partial charge is 0.296 e. The minimum atomic E-state index is -3.71. The fourth-order valence-corrected chi connectivity index (χ4v) is 5.50. The first kappa shape index (κ1) is 23.2. The van der Waals surface area contributed by atoms with Crippen LogP contribution in [0.15, 0.2) is 52.9 Å². The van der Waals surface area contributed by atoms with Gasteiger partial charge in [-0.15, -0.1) is 10.2 Å². The zero-order chi connectivity index (χ0) is 22.6. The van der Waals surface area contributed by atoms with Crippen LogP contribution in [0.4, 0.5) is 15.2 Å². The Bertz CT molecular complexity index is 1160. The lowest BCUT2D eigenvalue weighted by molar-refractivity contribution is 0.102. The van der Waals surface area contributed by atoms with Crippen LogP contribution < -0.4 is 9.62 Å². The van der Waals surface area contributed by atoms with Gasteiger partial charge in [0.1, 0.15) is 5.82 Å². The van der Waals surface area contributed by atoms with Gasteiger partial charge in [0, 0.05) is 10.8 Å². The van der Waals surface area contributed by atoms with E-state index in [9.17, 15) is 17.6 Å². The molecule has 3 rings (SSSR count). The van der Waals surface area contributed by atoms with Crippen molar-refractivity contribution in [2.24, 2.45) is 0 Å². The molecule has 0 aliphatic heterocycles. The number of hydrogen-bond acceptors (Lipinski definition) is 7. The lowest BCUT2D eigenvalue weighted by Gasteiger charge is -2.23. The van der Waals surface area contributed by atoms with E-state index in [1.165, 1.54) is 29.5 Å². The van der Waals surface area contributed by atoms with Gasteiger partial charge in [-0.05, 0) is 29.8 Å². The van der Waals surface area contributed by atoms with Crippen LogP contribution in [-0.2, 0) is 16.6 Å². The van der Waals surface area contributed by atoms with Gasteiger partial charge in [-0.25, -0.2) is 12.8 Å². The first-order valence-corrected chi connectivity index (χ1v) is 12.8. The van der Waals surface area contributed by atoms with Crippen LogP contribution >= 0.6 is 23.1 Å². The highest BCUT2D eigenvalue weighted by atomic mass is 32.2. The lowest BCUT2D eigenvalue weighted by atomic mass is 10.1. The van der Waals surface area contributed by atoms with Gasteiger partial charge < -0.3 is 0 Å². The maximum absolute atomic E-state index is 14.2. The first-order chi connectivity index (χ1) is 14.6. The van der Waals surface area contributed by atoms with Crippen molar-refractivity contribution in [2.75, 3.05) is 15.9 Å². The van der Waals surface area contributed by atoms with Crippen LogP contribution in [-0.4, -0.2) is 36.0 Å². The van der Waals surface area contributed by atoms with Crippen molar-refractivity contribution in [2.45, 2.75) is 30.0 Å². The molecule has 1 heterocycles. The summed E-state index contributed by atoms with van der Waals surface area (Å²) in [5, 5.41) is 11.5. The number of nitrogens with one attached hydrogen (secondary N) is 1. The van der Waals surface area contributed by atoms with Crippen molar-refractivity contribution < 1.29 is 17.6 Å². The van der Waals surface area contributed by atoms with E-state index in [1.54, 1.807) is 42.1 Å². The van der Waals surface area contributed by atoms with E-state index < -0.39 is 15.8 Å². The molecule has 0 saturated carbocycles. The summed E-state index contributed by atoms with van der Waals surface area (Å²) in [7, 11) is -3.71. The molecule has 0 bridgehead atoms. The van der Waals surface area contributed by atoms with E-state index in [0.29, 0.717) is 21.5 Å². The number of anilines is 2. The third-order valence-corrected chi connectivity index (χ3v) is 7.08. The molecule has 0 aliphatic rings. The van der Waals surface area contributed by atoms with Crippen molar-refractivity contribution >= 4 is 49.8 Å². The van der Waals surface area contributed by atoms with Gasteiger partial charge in [0.25, 0.3) is 5.91 Å². The first-order valence-electron chi connectivity index (χ1n) is 9.26. The number of hydrogen-bond donors (Lipinski definition) is 1. The predicted octanol–water partition coefficient (Wildman–Crippen LogP) is 4.40. The van der Waals surface area contributed by atoms with Crippen molar-refractivity contribution in [1.82, 2.24) is 10.2 Å². The Morgan fingerprint density at radius 3 is 2.45 bits per heavy atom. The topological polar surface area (TPSA) is 92.3 Å². The van der Waals surface area contributed by atoms with Crippen LogP contribution in [0.25, 0.3) is 0 Å². The Balaban J connectivity index is 1.72. The van der Waals surface area contributed by atoms with Gasteiger partial charge in [0.15, 0.2) is 4.34 Å². The highest BCUT2D eigenvalue weighted by Gasteiger charge is 2.21. The average molecular weight is 481 g/mol. The number of amides is 1. The second-order valence-corrected chi connectivity index (χ2v) is 11.6. The van der Waals surface area contributed by atoms with Crippen LogP contribution in [0.3, 0.4) is 0 Å². The van der Waals surface area contributed by atoms with Crippen LogP contribution in [0, 0.1) is 5.82 Å². The molecule has 0 aliphatic carbocycles. The zero-order valence-electron chi connectivity index (χ0n) is 17.1. The molecule has 7 nitrogen and oxygen atoms in total. The Morgan fingerprint density at radius 2 is 1.84 bits per heavy atom. The molecule has 1 aromatic heterocycles. The van der Waals surface area contributed by atoms with E-state index >= 15 is 0 Å². The van der Waals surface area contributed by atoms with Crippen LogP contribution in [0.1, 0.15) is 29.8 Å². The molecule has 0 fully saturated rings. The highest BCUT2D eigenvalue weighted by Crippen LogP contribution is 2.29. The summed E-state index contributed by atoms with van der Waals surface area (Å²) in [6.45, 7) is 4.03. The zero-order valence-corrected chi connectivity index (χ0v) is 19.5. The summed E-state index contributed by atoms with van der Waals surface area (Å²) in [6, 6.07) is 12.1. The number of aromatic nitrogens is 2. The summed E-state index contributed by atoms with van der Waals surface area (Å²) in [5.41, 5.74) is 0.962. The lowest BCUT2D eigenvalue weighted by Crippen LogP contribution is -2.30. The number of para-hydroxylation sites is 1. The summed E-state index contributed by atoms with van der Waals surface area (Å²) in [4.78, 5) is 12.5. The number of halogens is 1. The maximum Gasteiger partial charge on any atom is 0.257 e. The van der Waals surface area contributed by atoms with E-state index in [0.717, 1.165) is 14.9 Å². The summed E-state index contributed by atoms with van der Waals surface area (Å²) >= 11 is 2.86. The van der Waals surface area contributed by atoms with Crippen molar-refractivity contribution in [3.05, 3.63) is 65.5 Å². The molecule has 1 amide bonds. The fraction of sp³-hybridized carbons (Fsp3) is 0.250. The van der Waals surface area contributed by atoms with Crippen LogP contribution in [0.5, 0.6) is 0 Å².